The molecular weight excluding hydrogens is 434 g/mol. The first-order valence-electron chi connectivity index (χ1n) is 11.4. The molecule has 34 heavy (non-hydrogen) atoms. The van der Waals surface area contributed by atoms with E-state index in [4.69, 9.17) is 5.73 Å². The molecule has 1 aliphatic heterocycles. The molecule has 1 aromatic rings. The lowest BCUT2D eigenvalue weighted by Gasteiger charge is -2.19. The molecule has 3 N–H and O–H groups in total. The van der Waals surface area contributed by atoms with Gasteiger partial charge in [-0.2, -0.15) is 0 Å². The minimum atomic E-state index is -0.648. The van der Waals surface area contributed by atoms with Gasteiger partial charge in [-0.3, -0.25) is 4.99 Å². The number of nitrogens with two attached hydrogens (primary N) is 1. The van der Waals surface area contributed by atoms with Crippen LogP contribution in [-0.4, -0.2) is 29.7 Å². The monoisotopic (exact) mass is 468 g/mol. The largest absolute Gasteiger partial charge is 0.397 e. The van der Waals surface area contributed by atoms with E-state index in [0.717, 1.165) is 35.9 Å². The van der Waals surface area contributed by atoms with E-state index in [1.54, 1.807) is 30.1 Å². The normalized spacial score (nSPS) is 15.8. The SMILES string of the molecule is C=CC1=C(/N=C(/C)CCC)CN(C(=O)NC(=C\CC)/C(N)=C\C=C(/C)c2ccc(F)cc2F)C1. The lowest BCUT2D eigenvalue weighted by molar-refractivity contribution is 0.212. The van der Waals surface area contributed by atoms with Crippen LogP contribution in [0.25, 0.3) is 5.57 Å². The Labute approximate surface area is 201 Å². The predicted octanol–water partition coefficient (Wildman–Crippen LogP) is 6.23. The molecule has 0 aliphatic carbocycles. The molecule has 1 aromatic carbocycles. The number of allylic oxidation sites excluding steroid dienone is 4. The highest BCUT2D eigenvalue weighted by molar-refractivity contribution is 5.84. The van der Waals surface area contributed by atoms with Gasteiger partial charge in [0.2, 0.25) is 0 Å². The van der Waals surface area contributed by atoms with Gasteiger partial charge in [-0.05, 0) is 56.0 Å². The lowest BCUT2D eigenvalue weighted by atomic mass is 10.1. The Morgan fingerprint density at radius 2 is 1.97 bits per heavy atom. The molecular formula is C27H34F2N4O. The molecule has 182 valence electrons. The van der Waals surface area contributed by atoms with Crippen molar-refractivity contribution in [3.8, 4) is 0 Å². The summed E-state index contributed by atoms with van der Waals surface area (Å²) < 4.78 is 27.2. The summed E-state index contributed by atoms with van der Waals surface area (Å²) >= 11 is 0. The van der Waals surface area contributed by atoms with E-state index >= 15 is 0 Å². The summed E-state index contributed by atoms with van der Waals surface area (Å²) in [4.78, 5) is 19.3. The summed E-state index contributed by atoms with van der Waals surface area (Å²) in [5.74, 6) is -1.28. The zero-order chi connectivity index (χ0) is 25.3. The zero-order valence-electron chi connectivity index (χ0n) is 20.4. The summed E-state index contributed by atoms with van der Waals surface area (Å²) in [5, 5.41) is 2.88. The average molecular weight is 469 g/mol. The number of benzene rings is 1. The predicted molar refractivity (Wildman–Crippen MR) is 136 cm³/mol. The van der Waals surface area contributed by atoms with Gasteiger partial charge in [0.05, 0.1) is 23.6 Å². The Hall–Kier alpha value is -3.48. The van der Waals surface area contributed by atoms with Crippen molar-refractivity contribution >= 4 is 17.3 Å². The molecule has 0 saturated carbocycles. The van der Waals surface area contributed by atoms with Gasteiger partial charge in [0.1, 0.15) is 11.6 Å². The average Bonchev–Trinajstić information content (AvgIpc) is 3.19. The number of hydrogen-bond donors (Lipinski definition) is 2. The van der Waals surface area contributed by atoms with Crippen molar-refractivity contribution in [1.29, 1.82) is 0 Å². The van der Waals surface area contributed by atoms with Crippen LogP contribution in [0, 0.1) is 11.6 Å². The smallest absolute Gasteiger partial charge is 0.322 e. The maximum atomic E-state index is 14.0. The number of amides is 2. The van der Waals surface area contributed by atoms with Crippen LogP contribution in [0.2, 0.25) is 0 Å². The molecule has 2 amide bonds. The van der Waals surface area contributed by atoms with Crippen LogP contribution in [0.1, 0.15) is 52.5 Å². The maximum Gasteiger partial charge on any atom is 0.322 e. The number of urea groups is 1. The summed E-state index contributed by atoms with van der Waals surface area (Å²) in [6.07, 6.45) is 9.35. The highest BCUT2D eigenvalue weighted by atomic mass is 19.1. The summed E-state index contributed by atoms with van der Waals surface area (Å²) in [7, 11) is 0. The second-order valence-corrected chi connectivity index (χ2v) is 8.18. The Morgan fingerprint density at radius 3 is 2.59 bits per heavy atom. The van der Waals surface area contributed by atoms with Crippen LogP contribution in [0.5, 0.6) is 0 Å². The fourth-order valence-electron chi connectivity index (χ4n) is 3.56. The number of carbonyl (C=O) groups excluding carboxylic acids is 1. The van der Waals surface area contributed by atoms with Gasteiger partial charge in [0.25, 0.3) is 0 Å². The third kappa shape index (κ3) is 7.27. The quantitative estimate of drug-likeness (QED) is 0.333. The Kier molecular flexibility index (Phi) is 9.98. The maximum absolute atomic E-state index is 14.0. The standard InChI is InChI=1S/C27H34F2N4O/c1-6-9-19(5)31-26-17-33(16-20(26)8-3)27(34)32-25(10-7-2)24(30)14-11-18(4)22-13-12-21(28)15-23(22)29/h8,10-15H,3,6-7,9,16-17,30H2,1-2,4-5H3,(H,32,34)/b18-11+,24-14+,25-10-,31-19-. The van der Waals surface area contributed by atoms with Gasteiger partial charge >= 0.3 is 6.03 Å². The van der Waals surface area contributed by atoms with Gasteiger partial charge in [-0.25, -0.2) is 13.6 Å². The molecule has 0 atom stereocenters. The highest BCUT2D eigenvalue weighted by Gasteiger charge is 2.25. The number of aliphatic imine (C=N–C) groups is 1. The molecule has 1 heterocycles. The molecule has 5 nitrogen and oxygen atoms in total. The first kappa shape index (κ1) is 26.8. The zero-order valence-corrected chi connectivity index (χ0v) is 20.4. The Balaban J connectivity index is 2.15. The number of halogens is 2. The van der Waals surface area contributed by atoms with Gasteiger partial charge in [0.15, 0.2) is 0 Å². The first-order chi connectivity index (χ1) is 16.2. The number of nitrogens with one attached hydrogen (secondary N) is 1. The van der Waals surface area contributed by atoms with E-state index in [0.29, 0.717) is 36.5 Å². The number of hydrogen-bond acceptors (Lipinski definition) is 3. The van der Waals surface area contributed by atoms with E-state index in [-0.39, 0.29) is 11.6 Å². The minimum absolute atomic E-state index is 0.280. The Morgan fingerprint density at radius 1 is 1.24 bits per heavy atom. The number of rotatable bonds is 9. The molecule has 1 aliphatic rings. The van der Waals surface area contributed by atoms with E-state index in [9.17, 15) is 13.6 Å². The first-order valence-corrected chi connectivity index (χ1v) is 11.4. The van der Waals surface area contributed by atoms with Gasteiger partial charge in [0, 0.05) is 23.9 Å². The summed E-state index contributed by atoms with van der Waals surface area (Å²) in [6.45, 7) is 12.4. The van der Waals surface area contributed by atoms with Crippen molar-refractivity contribution in [2.75, 3.05) is 13.1 Å². The molecule has 2 rings (SSSR count). The van der Waals surface area contributed by atoms with Crippen molar-refractivity contribution in [3.63, 3.8) is 0 Å². The molecule has 0 spiro atoms. The van der Waals surface area contributed by atoms with Crippen molar-refractivity contribution in [2.24, 2.45) is 10.7 Å². The molecule has 0 aromatic heterocycles. The minimum Gasteiger partial charge on any atom is -0.397 e. The third-order valence-electron chi connectivity index (χ3n) is 5.37. The molecule has 0 bridgehead atoms. The van der Waals surface area contributed by atoms with Crippen LogP contribution in [0.4, 0.5) is 13.6 Å². The highest BCUT2D eigenvalue weighted by Crippen LogP contribution is 2.22. The van der Waals surface area contributed by atoms with E-state index in [1.165, 1.54) is 12.1 Å². The van der Waals surface area contributed by atoms with Crippen molar-refractivity contribution < 1.29 is 13.6 Å². The topological polar surface area (TPSA) is 70.7 Å². The van der Waals surface area contributed by atoms with Crippen LogP contribution < -0.4 is 11.1 Å². The summed E-state index contributed by atoms with van der Waals surface area (Å²) in [6, 6.07) is 3.13. The second-order valence-electron chi connectivity index (χ2n) is 8.18. The van der Waals surface area contributed by atoms with E-state index < -0.39 is 11.6 Å². The Bertz CT molecular complexity index is 1080. The molecule has 0 radical (unpaired) electrons. The molecule has 7 heteroatoms. The lowest BCUT2D eigenvalue weighted by Crippen LogP contribution is -2.39. The van der Waals surface area contributed by atoms with Gasteiger partial charge < -0.3 is 16.0 Å². The molecule has 0 unspecified atom stereocenters. The number of carbonyl (C=O) groups is 1. The van der Waals surface area contributed by atoms with Crippen molar-refractivity contribution in [1.82, 2.24) is 10.2 Å². The van der Waals surface area contributed by atoms with Crippen LogP contribution >= 0.6 is 0 Å². The summed E-state index contributed by atoms with van der Waals surface area (Å²) in [5.41, 5.74) is 10.7. The van der Waals surface area contributed by atoms with Gasteiger partial charge in [-0.1, -0.05) is 45.1 Å². The fourth-order valence-corrected chi connectivity index (χ4v) is 3.56. The van der Waals surface area contributed by atoms with Crippen molar-refractivity contribution in [3.05, 3.63) is 88.9 Å². The van der Waals surface area contributed by atoms with Crippen LogP contribution in [0.3, 0.4) is 0 Å². The number of nitrogens with zero attached hydrogens (tertiary/aromatic N) is 2. The molecule has 0 fully saturated rings. The fraction of sp³-hybridized carbons (Fsp3) is 0.333. The van der Waals surface area contributed by atoms with E-state index in [1.807, 2.05) is 19.9 Å². The third-order valence-corrected chi connectivity index (χ3v) is 5.37. The van der Waals surface area contributed by atoms with Gasteiger partial charge in [-0.15, -0.1) is 0 Å². The second kappa shape index (κ2) is 12.7. The van der Waals surface area contributed by atoms with Crippen LogP contribution in [-0.2, 0) is 0 Å². The van der Waals surface area contributed by atoms with Crippen molar-refractivity contribution in [2.45, 2.75) is 47.0 Å². The molecule has 0 saturated heterocycles. The van der Waals surface area contributed by atoms with Crippen LogP contribution in [0.15, 0.2) is 76.7 Å². The van der Waals surface area contributed by atoms with E-state index in [2.05, 4.69) is 23.8 Å².